The molecule has 1 rings (SSSR count). The third kappa shape index (κ3) is 6.25. The van der Waals surface area contributed by atoms with Gasteiger partial charge in [-0.1, -0.05) is 46.5 Å². The van der Waals surface area contributed by atoms with Gasteiger partial charge in [0.15, 0.2) is 0 Å². The average molecular weight is 283 g/mol. The van der Waals surface area contributed by atoms with Crippen molar-refractivity contribution < 1.29 is 9.90 Å². The van der Waals surface area contributed by atoms with E-state index in [1.807, 2.05) is 6.92 Å². The lowest BCUT2D eigenvalue weighted by atomic mass is 9.89. The number of hydrogen-bond acceptors (Lipinski definition) is 2. The summed E-state index contributed by atoms with van der Waals surface area (Å²) in [6.07, 6.45) is 8.66. The van der Waals surface area contributed by atoms with Crippen molar-refractivity contribution in [1.29, 1.82) is 0 Å². The maximum Gasteiger partial charge on any atom is 0.225 e. The summed E-state index contributed by atoms with van der Waals surface area (Å²) in [4.78, 5) is 12.0. The van der Waals surface area contributed by atoms with Gasteiger partial charge in [0.05, 0.1) is 12.0 Å². The highest BCUT2D eigenvalue weighted by Crippen LogP contribution is 2.23. The molecule has 0 saturated carbocycles. The smallest absolute Gasteiger partial charge is 0.225 e. The number of carbonyl (C=O) groups excluding carboxylic acids is 1. The molecule has 1 aliphatic heterocycles. The van der Waals surface area contributed by atoms with Crippen molar-refractivity contribution in [2.45, 2.75) is 78.2 Å². The van der Waals surface area contributed by atoms with Gasteiger partial charge in [0.1, 0.15) is 0 Å². The third-order valence-electron chi connectivity index (χ3n) is 4.92. The maximum absolute atomic E-state index is 12.0. The molecule has 3 nitrogen and oxygen atoms in total. The van der Waals surface area contributed by atoms with E-state index in [2.05, 4.69) is 19.2 Å². The van der Waals surface area contributed by atoms with Gasteiger partial charge in [0.25, 0.3) is 0 Å². The molecule has 2 N–H and O–H groups in total. The number of nitrogens with one attached hydrogen (secondary N) is 1. The van der Waals surface area contributed by atoms with Gasteiger partial charge in [-0.3, -0.25) is 4.79 Å². The van der Waals surface area contributed by atoms with Gasteiger partial charge < -0.3 is 10.4 Å². The van der Waals surface area contributed by atoms with E-state index in [1.54, 1.807) is 0 Å². The molecule has 1 saturated heterocycles. The fourth-order valence-corrected chi connectivity index (χ4v) is 3.10. The van der Waals surface area contributed by atoms with Crippen LogP contribution in [0.2, 0.25) is 0 Å². The quantitative estimate of drug-likeness (QED) is 0.773. The molecule has 3 heteroatoms. The second-order valence-electron chi connectivity index (χ2n) is 6.68. The van der Waals surface area contributed by atoms with Crippen molar-refractivity contribution in [3.05, 3.63) is 0 Å². The molecule has 0 aromatic carbocycles. The van der Waals surface area contributed by atoms with Crippen LogP contribution in [0.25, 0.3) is 0 Å². The summed E-state index contributed by atoms with van der Waals surface area (Å²) in [6, 6.07) is 0. The van der Waals surface area contributed by atoms with Crippen LogP contribution in [0, 0.1) is 17.8 Å². The van der Waals surface area contributed by atoms with Gasteiger partial charge in [0, 0.05) is 6.54 Å². The van der Waals surface area contributed by atoms with Crippen molar-refractivity contribution in [2.24, 2.45) is 17.8 Å². The van der Waals surface area contributed by atoms with E-state index in [0.717, 1.165) is 31.7 Å². The van der Waals surface area contributed by atoms with Crippen molar-refractivity contribution >= 4 is 5.91 Å². The number of amides is 1. The minimum atomic E-state index is -0.496. The summed E-state index contributed by atoms with van der Waals surface area (Å²) in [5.41, 5.74) is 0. The first kappa shape index (κ1) is 17.5. The first-order valence-corrected chi connectivity index (χ1v) is 8.50. The summed E-state index contributed by atoms with van der Waals surface area (Å²) < 4.78 is 0. The molecule has 1 amide bonds. The Hall–Kier alpha value is -0.570. The lowest BCUT2D eigenvalue weighted by Crippen LogP contribution is -2.36. The van der Waals surface area contributed by atoms with Gasteiger partial charge in [-0.2, -0.15) is 0 Å². The minimum Gasteiger partial charge on any atom is -0.392 e. The molecule has 2 unspecified atom stereocenters. The Morgan fingerprint density at radius 3 is 2.50 bits per heavy atom. The highest BCUT2D eigenvalue weighted by atomic mass is 16.3. The molecule has 0 bridgehead atoms. The SMILES string of the molecule is CCC1CCCNC(=O)[C@H](C)C(O)CC[C@H](C)CCC1. The normalized spacial score (nSPS) is 35.1. The van der Waals surface area contributed by atoms with Crippen LogP contribution in [0.5, 0.6) is 0 Å². The molecule has 0 radical (unpaired) electrons. The van der Waals surface area contributed by atoms with Crippen LogP contribution in [-0.4, -0.2) is 23.7 Å². The zero-order chi connectivity index (χ0) is 15.0. The van der Waals surface area contributed by atoms with Crippen LogP contribution in [0.4, 0.5) is 0 Å². The zero-order valence-corrected chi connectivity index (χ0v) is 13.5. The molecular weight excluding hydrogens is 250 g/mol. The second kappa shape index (κ2) is 9.38. The van der Waals surface area contributed by atoms with E-state index < -0.39 is 6.10 Å². The Morgan fingerprint density at radius 1 is 1.10 bits per heavy atom. The van der Waals surface area contributed by atoms with Crippen molar-refractivity contribution in [2.75, 3.05) is 6.54 Å². The topological polar surface area (TPSA) is 49.3 Å². The zero-order valence-electron chi connectivity index (χ0n) is 13.5. The molecular formula is C17H33NO2. The van der Waals surface area contributed by atoms with Crippen molar-refractivity contribution in [3.63, 3.8) is 0 Å². The van der Waals surface area contributed by atoms with Gasteiger partial charge in [-0.25, -0.2) is 0 Å². The number of aliphatic hydroxyl groups excluding tert-OH is 1. The van der Waals surface area contributed by atoms with Gasteiger partial charge in [-0.05, 0) is 37.5 Å². The highest BCUT2D eigenvalue weighted by Gasteiger charge is 2.22. The Kier molecular flexibility index (Phi) is 8.20. The number of aliphatic hydroxyl groups is 1. The van der Waals surface area contributed by atoms with Crippen molar-refractivity contribution in [3.8, 4) is 0 Å². The molecule has 0 aromatic heterocycles. The summed E-state index contributed by atoms with van der Waals surface area (Å²) in [5.74, 6) is 1.19. The van der Waals surface area contributed by atoms with E-state index in [4.69, 9.17) is 0 Å². The molecule has 0 spiro atoms. The van der Waals surface area contributed by atoms with E-state index in [1.165, 1.54) is 32.1 Å². The Labute approximate surface area is 124 Å². The van der Waals surface area contributed by atoms with Crippen LogP contribution in [0.15, 0.2) is 0 Å². The third-order valence-corrected chi connectivity index (χ3v) is 4.92. The monoisotopic (exact) mass is 283 g/mol. The number of carbonyl (C=O) groups is 1. The number of hydrogen-bond donors (Lipinski definition) is 2. The molecule has 1 heterocycles. The predicted molar refractivity (Wildman–Crippen MR) is 83.4 cm³/mol. The van der Waals surface area contributed by atoms with E-state index in [9.17, 15) is 9.90 Å². The molecule has 0 aromatic rings. The lowest BCUT2D eigenvalue weighted by molar-refractivity contribution is -0.128. The van der Waals surface area contributed by atoms with Crippen LogP contribution >= 0.6 is 0 Å². The summed E-state index contributed by atoms with van der Waals surface area (Å²) >= 11 is 0. The predicted octanol–water partition coefficient (Wildman–Crippen LogP) is 3.51. The van der Waals surface area contributed by atoms with Crippen LogP contribution < -0.4 is 5.32 Å². The first-order chi connectivity index (χ1) is 9.54. The Balaban J connectivity index is 2.53. The van der Waals surface area contributed by atoms with Crippen LogP contribution in [-0.2, 0) is 4.79 Å². The molecule has 118 valence electrons. The first-order valence-electron chi connectivity index (χ1n) is 8.50. The Morgan fingerprint density at radius 2 is 1.80 bits per heavy atom. The van der Waals surface area contributed by atoms with E-state index >= 15 is 0 Å². The number of rotatable bonds is 1. The largest absolute Gasteiger partial charge is 0.392 e. The lowest BCUT2D eigenvalue weighted by Gasteiger charge is -2.22. The fraction of sp³-hybridized carbons (Fsp3) is 0.941. The van der Waals surface area contributed by atoms with E-state index in [0.29, 0.717) is 5.92 Å². The maximum atomic E-state index is 12.0. The molecule has 1 fully saturated rings. The summed E-state index contributed by atoms with van der Waals surface area (Å²) in [5, 5.41) is 13.1. The van der Waals surface area contributed by atoms with Gasteiger partial charge in [0.2, 0.25) is 5.91 Å². The van der Waals surface area contributed by atoms with Crippen molar-refractivity contribution in [1.82, 2.24) is 5.32 Å². The molecule has 0 aliphatic carbocycles. The summed E-state index contributed by atoms with van der Waals surface area (Å²) in [6.45, 7) is 7.13. The minimum absolute atomic E-state index is 0.00950. The van der Waals surface area contributed by atoms with E-state index in [-0.39, 0.29) is 11.8 Å². The average Bonchev–Trinajstić information content (AvgIpc) is 2.45. The fourth-order valence-electron chi connectivity index (χ4n) is 3.10. The molecule has 4 atom stereocenters. The summed E-state index contributed by atoms with van der Waals surface area (Å²) in [7, 11) is 0. The Bertz CT molecular complexity index is 280. The van der Waals surface area contributed by atoms with Crippen LogP contribution in [0.3, 0.4) is 0 Å². The highest BCUT2D eigenvalue weighted by molar-refractivity contribution is 5.78. The van der Waals surface area contributed by atoms with Crippen LogP contribution in [0.1, 0.15) is 72.1 Å². The van der Waals surface area contributed by atoms with Gasteiger partial charge >= 0.3 is 0 Å². The molecule has 20 heavy (non-hydrogen) atoms. The second-order valence-corrected chi connectivity index (χ2v) is 6.68. The molecule has 1 aliphatic rings. The standard InChI is InChI=1S/C17H33NO2/c1-4-15-8-5-7-13(2)10-11-16(19)14(3)17(20)18-12-6-9-15/h13-16,19H,4-12H2,1-3H3,(H,18,20)/t13-,14-,15?,16?/m1/s1. The van der Waals surface area contributed by atoms with Gasteiger partial charge in [-0.15, -0.1) is 0 Å².